The van der Waals surface area contributed by atoms with Crippen LogP contribution in [0.15, 0.2) is 34.5 Å². The first kappa shape index (κ1) is 15.5. The Bertz CT molecular complexity index is 489. The molecule has 2 N–H and O–H groups in total. The van der Waals surface area contributed by atoms with Gasteiger partial charge in [-0.25, -0.2) is 0 Å². The molecular formula is C16H25N5. The Morgan fingerprint density at radius 3 is 2.57 bits per heavy atom. The van der Waals surface area contributed by atoms with Crippen LogP contribution in [0.1, 0.15) is 44.2 Å². The first-order chi connectivity index (χ1) is 10.4. The van der Waals surface area contributed by atoms with Crippen LogP contribution in [0.25, 0.3) is 0 Å². The molecule has 2 heterocycles. The summed E-state index contributed by atoms with van der Waals surface area (Å²) in [5.74, 6) is 0.787. The molecule has 2 aliphatic rings. The number of hydrogen-bond acceptors (Lipinski definition) is 5. The van der Waals surface area contributed by atoms with Crippen molar-refractivity contribution in [3.63, 3.8) is 0 Å². The molecular weight excluding hydrogens is 262 g/mol. The topological polar surface area (TPSA) is 52.0 Å². The maximum absolute atomic E-state index is 4.24. The van der Waals surface area contributed by atoms with Crippen molar-refractivity contribution in [2.24, 2.45) is 10.2 Å². The lowest BCUT2D eigenvalue weighted by molar-refractivity contribution is 0.221. The van der Waals surface area contributed by atoms with Gasteiger partial charge in [0.15, 0.2) is 5.84 Å². The van der Waals surface area contributed by atoms with E-state index in [0.717, 1.165) is 17.9 Å². The van der Waals surface area contributed by atoms with Gasteiger partial charge in [-0.15, -0.1) is 0 Å². The lowest BCUT2D eigenvalue weighted by atomic mass is 10.0. The van der Waals surface area contributed by atoms with Crippen LogP contribution in [0.5, 0.6) is 0 Å². The maximum Gasteiger partial charge on any atom is 0.174 e. The molecule has 1 fully saturated rings. The SMILES string of the molecule is C1=NNC(c2ccccc2CN2CCCCC2)=NN1.CC. The molecule has 1 aromatic carbocycles. The van der Waals surface area contributed by atoms with Crippen molar-refractivity contribution in [1.29, 1.82) is 0 Å². The van der Waals surface area contributed by atoms with E-state index in [-0.39, 0.29) is 0 Å². The Morgan fingerprint density at radius 1 is 1.10 bits per heavy atom. The molecule has 5 heteroatoms. The van der Waals surface area contributed by atoms with Crippen LogP contribution in [0.3, 0.4) is 0 Å². The van der Waals surface area contributed by atoms with Gasteiger partial charge in [-0.3, -0.25) is 15.8 Å². The summed E-state index contributed by atoms with van der Waals surface area (Å²) in [4.78, 5) is 2.52. The second-order valence-electron chi connectivity index (χ2n) is 4.95. The Hall–Kier alpha value is -1.88. The number of hydrogen-bond donors (Lipinski definition) is 2. The van der Waals surface area contributed by atoms with Gasteiger partial charge < -0.3 is 0 Å². The van der Waals surface area contributed by atoms with Gasteiger partial charge in [0.2, 0.25) is 0 Å². The molecule has 0 unspecified atom stereocenters. The minimum absolute atomic E-state index is 0.787. The number of nitrogens with zero attached hydrogens (tertiary/aromatic N) is 3. The number of nitrogens with one attached hydrogen (secondary N) is 2. The normalized spacial score (nSPS) is 17.9. The van der Waals surface area contributed by atoms with Crippen molar-refractivity contribution >= 4 is 12.2 Å². The van der Waals surface area contributed by atoms with Gasteiger partial charge in [-0.2, -0.15) is 10.2 Å². The fourth-order valence-electron chi connectivity index (χ4n) is 2.61. The number of piperidine rings is 1. The van der Waals surface area contributed by atoms with Gasteiger partial charge in [0.1, 0.15) is 6.34 Å². The summed E-state index contributed by atoms with van der Waals surface area (Å²) < 4.78 is 0. The van der Waals surface area contributed by atoms with Crippen molar-refractivity contribution in [3.8, 4) is 0 Å². The Kier molecular flexibility index (Phi) is 6.22. The summed E-state index contributed by atoms with van der Waals surface area (Å²) in [6.45, 7) is 7.38. The molecule has 0 aliphatic carbocycles. The molecule has 0 aromatic heterocycles. The third-order valence-electron chi connectivity index (χ3n) is 3.58. The highest BCUT2D eigenvalue weighted by Crippen LogP contribution is 2.16. The summed E-state index contributed by atoms with van der Waals surface area (Å²) in [6, 6.07) is 8.39. The monoisotopic (exact) mass is 287 g/mol. The second kappa shape index (κ2) is 8.42. The Balaban J connectivity index is 0.000000774. The molecule has 0 radical (unpaired) electrons. The summed E-state index contributed by atoms with van der Waals surface area (Å²) >= 11 is 0. The summed E-state index contributed by atoms with van der Waals surface area (Å²) in [7, 11) is 0. The van der Waals surface area contributed by atoms with Crippen molar-refractivity contribution in [3.05, 3.63) is 35.4 Å². The van der Waals surface area contributed by atoms with E-state index >= 15 is 0 Å². The number of likely N-dealkylation sites (tertiary alicyclic amines) is 1. The van der Waals surface area contributed by atoms with E-state index in [9.17, 15) is 0 Å². The van der Waals surface area contributed by atoms with E-state index < -0.39 is 0 Å². The zero-order valence-corrected chi connectivity index (χ0v) is 13.0. The summed E-state index contributed by atoms with van der Waals surface area (Å²) in [6.07, 6.45) is 5.53. The summed E-state index contributed by atoms with van der Waals surface area (Å²) in [5.41, 5.74) is 8.16. The molecule has 0 bridgehead atoms. The average molecular weight is 287 g/mol. The molecule has 0 amide bonds. The van der Waals surface area contributed by atoms with E-state index in [1.54, 1.807) is 0 Å². The number of benzene rings is 1. The third kappa shape index (κ3) is 4.29. The van der Waals surface area contributed by atoms with Gasteiger partial charge in [-0.05, 0) is 31.5 Å². The van der Waals surface area contributed by atoms with Gasteiger partial charge in [0.05, 0.1) is 0 Å². The molecule has 1 aromatic rings. The molecule has 21 heavy (non-hydrogen) atoms. The van der Waals surface area contributed by atoms with Gasteiger partial charge >= 0.3 is 0 Å². The Morgan fingerprint density at radius 2 is 1.86 bits per heavy atom. The van der Waals surface area contributed by atoms with E-state index in [1.807, 2.05) is 19.9 Å². The van der Waals surface area contributed by atoms with E-state index in [1.165, 1.54) is 44.3 Å². The number of hydrazone groups is 2. The first-order valence-electron chi connectivity index (χ1n) is 7.85. The molecule has 3 rings (SSSR count). The smallest absolute Gasteiger partial charge is 0.174 e. The zero-order chi connectivity index (χ0) is 14.9. The van der Waals surface area contributed by atoms with Crippen molar-refractivity contribution < 1.29 is 0 Å². The van der Waals surface area contributed by atoms with E-state index in [2.05, 4.69) is 44.2 Å². The molecule has 0 saturated carbocycles. The highest BCUT2D eigenvalue weighted by atomic mass is 15.5. The quantitative estimate of drug-likeness (QED) is 0.898. The van der Waals surface area contributed by atoms with Crippen LogP contribution >= 0.6 is 0 Å². The first-order valence-corrected chi connectivity index (χ1v) is 7.85. The standard InChI is InChI=1S/C14H19N5.C2H6/c1-4-8-19(9-5-1)10-12-6-2-3-7-13(12)14-17-15-11-16-18-14;1-2/h2-3,6-7,11H,1,4-5,8-10H2,(H,15,16)(H,17,18);1-2H3. The fourth-order valence-corrected chi connectivity index (χ4v) is 2.61. The molecule has 114 valence electrons. The van der Waals surface area contributed by atoms with Crippen molar-refractivity contribution in [1.82, 2.24) is 15.8 Å². The maximum atomic E-state index is 4.24. The molecule has 1 saturated heterocycles. The molecule has 0 spiro atoms. The van der Waals surface area contributed by atoms with Crippen LogP contribution in [0, 0.1) is 0 Å². The highest BCUT2D eigenvalue weighted by molar-refractivity contribution is 6.01. The van der Waals surface area contributed by atoms with E-state index in [0.29, 0.717) is 0 Å². The van der Waals surface area contributed by atoms with Crippen molar-refractivity contribution in [2.45, 2.75) is 39.7 Å². The van der Waals surface area contributed by atoms with Gasteiger partial charge in [-0.1, -0.05) is 44.5 Å². The molecule has 5 nitrogen and oxygen atoms in total. The van der Waals surface area contributed by atoms with Gasteiger partial charge in [0, 0.05) is 12.1 Å². The average Bonchev–Trinajstić information content (AvgIpc) is 2.59. The molecule has 0 atom stereocenters. The zero-order valence-electron chi connectivity index (χ0n) is 13.0. The summed E-state index contributed by atoms with van der Waals surface area (Å²) in [5, 5.41) is 8.23. The van der Waals surface area contributed by atoms with Crippen LogP contribution in [0.4, 0.5) is 0 Å². The minimum atomic E-state index is 0.787. The highest BCUT2D eigenvalue weighted by Gasteiger charge is 2.15. The van der Waals surface area contributed by atoms with Crippen molar-refractivity contribution in [2.75, 3.05) is 13.1 Å². The lowest BCUT2D eigenvalue weighted by Crippen LogP contribution is -2.32. The van der Waals surface area contributed by atoms with Crippen LogP contribution in [-0.2, 0) is 6.54 Å². The van der Waals surface area contributed by atoms with Gasteiger partial charge in [0.25, 0.3) is 0 Å². The fraction of sp³-hybridized carbons (Fsp3) is 0.500. The predicted octanol–water partition coefficient (Wildman–Crippen LogP) is 2.50. The third-order valence-corrected chi connectivity index (χ3v) is 3.58. The molecule has 2 aliphatic heterocycles. The van der Waals surface area contributed by atoms with Crippen LogP contribution in [-0.4, -0.2) is 30.2 Å². The van der Waals surface area contributed by atoms with Crippen LogP contribution in [0.2, 0.25) is 0 Å². The second-order valence-corrected chi connectivity index (χ2v) is 4.95. The largest absolute Gasteiger partial charge is 0.299 e. The number of rotatable bonds is 3. The van der Waals surface area contributed by atoms with Crippen LogP contribution < -0.4 is 10.9 Å². The Labute approximate surface area is 127 Å². The minimum Gasteiger partial charge on any atom is -0.299 e. The number of amidine groups is 1. The lowest BCUT2D eigenvalue weighted by Gasteiger charge is -2.27. The van der Waals surface area contributed by atoms with E-state index in [4.69, 9.17) is 0 Å². The predicted molar refractivity (Wildman–Crippen MR) is 88.2 cm³/mol.